The first-order valence-corrected chi connectivity index (χ1v) is 9.00. The molecule has 0 fully saturated rings. The predicted molar refractivity (Wildman–Crippen MR) is 103 cm³/mol. The van der Waals surface area contributed by atoms with Crippen molar-refractivity contribution in [2.45, 2.75) is 6.61 Å². The number of carbonyl (C=O) groups is 1. The molecule has 0 aliphatic carbocycles. The van der Waals surface area contributed by atoms with Crippen LogP contribution in [0.15, 0.2) is 47.8 Å². The van der Waals surface area contributed by atoms with E-state index >= 15 is 0 Å². The monoisotopic (exact) mass is 385 g/mol. The molecule has 0 saturated heterocycles. The third kappa shape index (κ3) is 4.38. The van der Waals surface area contributed by atoms with E-state index in [1.165, 1.54) is 11.3 Å². The lowest BCUT2D eigenvalue weighted by Crippen LogP contribution is -2.05. The average molecular weight is 385 g/mol. The Morgan fingerprint density at radius 3 is 2.37 bits per heavy atom. The fourth-order valence-electron chi connectivity index (χ4n) is 2.43. The van der Waals surface area contributed by atoms with Crippen molar-refractivity contribution >= 4 is 17.3 Å². The Morgan fingerprint density at radius 1 is 0.963 bits per heavy atom. The maximum atomic E-state index is 12.1. The fourth-order valence-corrected chi connectivity index (χ4v) is 3.23. The second kappa shape index (κ2) is 8.55. The second-order valence-electron chi connectivity index (χ2n) is 5.52. The van der Waals surface area contributed by atoms with Crippen LogP contribution in [0.1, 0.15) is 16.1 Å². The largest absolute Gasteiger partial charge is 0.497 e. The first-order valence-electron chi connectivity index (χ1n) is 8.12. The van der Waals surface area contributed by atoms with Gasteiger partial charge in [-0.2, -0.15) is 0 Å². The number of aromatic nitrogens is 1. The van der Waals surface area contributed by atoms with E-state index in [9.17, 15) is 4.79 Å². The molecule has 6 nitrogen and oxygen atoms in total. The quantitative estimate of drug-likeness (QED) is 0.568. The summed E-state index contributed by atoms with van der Waals surface area (Å²) >= 11 is 1.47. The van der Waals surface area contributed by atoms with Crippen LogP contribution in [0.4, 0.5) is 0 Å². The van der Waals surface area contributed by atoms with Gasteiger partial charge < -0.3 is 18.9 Å². The highest BCUT2D eigenvalue weighted by Crippen LogP contribution is 2.33. The van der Waals surface area contributed by atoms with Gasteiger partial charge in [0.15, 0.2) is 11.5 Å². The number of rotatable bonds is 7. The molecule has 140 valence electrons. The number of thiazole rings is 1. The molecule has 0 bridgehead atoms. The highest BCUT2D eigenvalue weighted by molar-refractivity contribution is 7.13. The van der Waals surface area contributed by atoms with Crippen molar-refractivity contribution in [3.8, 4) is 27.8 Å². The first-order chi connectivity index (χ1) is 13.1. The molecule has 0 unspecified atom stereocenters. The van der Waals surface area contributed by atoms with Gasteiger partial charge in [-0.15, -0.1) is 11.3 Å². The van der Waals surface area contributed by atoms with Crippen molar-refractivity contribution in [2.24, 2.45) is 0 Å². The van der Waals surface area contributed by atoms with Crippen LogP contribution in [0.2, 0.25) is 0 Å². The van der Waals surface area contributed by atoms with E-state index in [1.54, 1.807) is 45.6 Å². The van der Waals surface area contributed by atoms with Gasteiger partial charge in [0.05, 0.1) is 32.6 Å². The van der Waals surface area contributed by atoms with Gasteiger partial charge in [-0.25, -0.2) is 9.78 Å². The van der Waals surface area contributed by atoms with E-state index in [1.807, 2.05) is 23.6 Å². The van der Waals surface area contributed by atoms with Gasteiger partial charge in [-0.05, 0) is 42.5 Å². The van der Waals surface area contributed by atoms with Crippen LogP contribution in [0.25, 0.3) is 10.6 Å². The number of methoxy groups -OCH3 is 3. The van der Waals surface area contributed by atoms with Crippen LogP contribution >= 0.6 is 11.3 Å². The molecule has 27 heavy (non-hydrogen) atoms. The van der Waals surface area contributed by atoms with E-state index in [-0.39, 0.29) is 6.61 Å². The lowest BCUT2D eigenvalue weighted by molar-refractivity contribution is 0.0468. The smallest absolute Gasteiger partial charge is 0.338 e. The molecule has 0 aliphatic rings. The van der Waals surface area contributed by atoms with Gasteiger partial charge in [0.2, 0.25) is 0 Å². The van der Waals surface area contributed by atoms with E-state index < -0.39 is 5.97 Å². The van der Waals surface area contributed by atoms with Crippen molar-refractivity contribution in [2.75, 3.05) is 21.3 Å². The Hall–Kier alpha value is -3.06. The maximum absolute atomic E-state index is 12.1. The SMILES string of the molecule is COc1ccc(C(=O)OCc2csc(-c3ccc(OC)c(OC)c3)n2)cc1. The van der Waals surface area contributed by atoms with Crippen molar-refractivity contribution in [1.82, 2.24) is 4.98 Å². The molecule has 0 spiro atoms. The minimum atomic E-state index is -0.404. The van der Waals surface area contributed by atoms with Crippen LogP contribution < -0.4 is 14.2 Å². The van der Waals surface area contributed by atoms with Crippen LogP contribution in [0, 0.1) is 0 Å². The molecule has 0 radical (unpaired) electrons. The zero-order valence-corrected chi connectivity index (χ0v) is 16.0. The number of carbonyl (C=O) groups excluding carboxylic acids is 1. The van der Waals surface area contributed by atoms with E-state index in [4.69, 9.17) is 18.9 Å². The van der Waals surface area contributed by atoms with Crippen molar-refractivity contribution in [3.63, 3.8) is 0 Å². The molecule has 1 heterocycles. The Balaban J connectivity index is 1.66. The zero-order valence-electron chi connectivity index (χ0n) is 15.2. The topological polar surface area (TPSA) is 66.9 Å². The highest BCUT2D eigenvalue weighted by Gasteiger charge is 2.12. The highest BCUT2D eigenvalue weighted by atomic mass is 32.1. The summed E-state index contributed by atoms with van der Waals surface area (Å²) < 4.78 is 21.0. The Morgan fingerprint density at radius 2 is 1.70 bits per heavy atom. The molecule has 0 N–H and O–H groups in total. The van der Waals surface area contributed by atoms with E-state index in [0.29, 0.717) is 28.5 Å². The number of benzene rings is 2. The number of ether oxygens (including phenoxy) is 4. The predicted octanol–water partition coefficient (Wildman–Crippen LogP) is 4.19. The molecule has 3 rings (SSSR count). The summed E-state index contributed by atoms with van der Waals surface area (Å²) in [5, 5.41) is 2.68. The summed E-state index contributed by atoms with van der Waals surface area (Å²) in [7, 11) is 4.76. The van der Waals surface area contributed by atoms with Crippen molar-refractivity contribution in [3.05, 3.63) is 59.1 Å². The van der Waals surface area contributed by atoms with Crippen molar-refractivity contribution < 1.29 is 23.7 Å². The lowest BCUT2D eigenvalue weighted by Gasteiger charge is -2.08. The summed E-state index contributed by atoms with van der Waals surface area (Å²) in [6.07, 6.45) is 0. The zero-order chi connectivity index (χ0) is 19.2. The summed E-state index contributed by atoms with van der Waals surface area (Å²) in [6.45, 7) is 0.106. The van der Waals surface area contributed by atoms with Gasteiger partial charge in [0, 0.05) is 10.9 Å². The average Bonchev–Trinajstić information content (AvgIpc) is 3.20. The molecule has 3 aromatic rings. The summed E-state index contributed by atoms with van der Waals surface area (Å²) in [5.74, 6) is 1.58. The minimum Gasteiger partial charge on any atom is -0.497 e. The molecule has 0 atom stereocenters. The van der Waals surface area contributed by atoms with E-state index in [0.717, 1.165) is 10.6 Å². The Bertz CT molecular complexity index is 920. The molecule has 2 aromatic carbocycles. The molecule has 0 amide bonds. The molecule has 0 aliphatic heterocycles. The van der Waals surface area contributed by atoms with Crippen LogP contribution in [0.5, 0.6) is 17.2 Å². The molecule has 7 heteroatoms. The van der Waals surface area contributed by atoms with Gasteiger partial charge in [0.25, 0.3) is 0 Å². The van der Waals surface area contributed by atoms with Crippen LogP contribution in [-0.4, -0.2) is 32.3 Å². The Labute approximate surface area is 161 Å². The summed E-state index contributed by atoms with van der Waals surface area (Å²) in [4.78, 5) is 16.7. The lowest BCUT2D eigenvalue weighted by atomic mass is 10.2. The molecule has 0 saturated carbocycles. The maximum Gasteiger partial charge on any atom is 0.338 e. The Kier molecular flexibility index (Phi) is 5.93. The normalized spacial score (nSPS) is 10.3. The fraction of sp³-hybridized carbons (Fsp3) is 0.200. The van der Waals surface area contributed by atoms with Crippen LogP contribution in [-0.2, 0) is 11.3 Å². The standard InChI is InChI=1S/C20H19NO5S/c1-23-16-7-4-13(5-8-16)20(22)26-11-15-12-27-19(21-15)14-6-9-17(24-2)18(10-14)25-3/h4-10,12H,11H2,1-3H3. The summed E-state index contributed by atoms with van der Waals surface area (Å²) in [5.41, 5.74) is 2.06. The third-order valence-electron chi connectivity index (χ3n) is 3.86. The number of nitrogens with zero attached hydrogens (tertiary/aromatic N) is 1. The number of hydrogen-bond acceptors (Lipinski definition) is 7. The third-order valence-corrected chi connectivity index (χ3v) is 4.80. The summed E-state index contributed by atoms with van der Waals surface area (Å²) in [6, 6.07) is 12.4. The van der Waals surface area contributed by atoms with Gasteiger partial charge in [-0.3, -0.25) is 0 Å². The number of esters is 1. The number of hydrogen-bond donors (Lipinski definition) is 0. The molecular formula is C20H19NO5S. The van der Waals surface area contributed by atoms with Gasteiger partial charge in [0.1, 0.15) is 17.4 Å². The minimum absolute atomic E-state index is 0.106. The van der Waals surface area contributed by atoms with Crippen LogP contribution in [0.3, 0.4) is 0 Å². The van der Waals surface area contributed by atoms with Gasteiger partial charge >= 0.3 is 5.97 Å². The first kappa shape index (κ1) is 18.7. The second-order valence-corrected chi connectivity index (χ2v) is 6.38. The van der Waals surface area contributed by atoms with E-state index in [2.05, 4.69) is 4.98 Å². The molecular weight excluding hydrogens is 366 g/mol. The molecule has 1 aromatic heterocycles. The van der Waals surface area contributed by atoms with Gasteiger partial charge in [-0.1, -0.05) is 0 Å². The van der Waals surface area contributed by atoms with Crippen molar-refractivity contribution in [1.29, 1.82) is 0 Å².